The van der Waals surface area contributed by atoms with Crippen LogP contribution in [0.3, 0.4) is 0 Å². The van der Waals surface area contributed by atoms with E-state index in [2.05, 4.69) is 20.4 Å². The Labute approximate surface area is 203 Å². The number of nitrogens with one attached hydrogen (secondary N) is 2. The molecular weight excluding hydrogens is 486 g/mol. The van der Waals surface area contributed by atoms with Gasteiger partial charge in [0.2, 0.25) is 12.1 Å². The van der Waals surface area contributed by atoms with Gasteiger partial charge < -0.3 is 24.6 Å². The van der Waals surface area contributed by atoms with E-state index in [1.54, 1.807) is 30.3 Å². The van der Waals surface area contributed by atoms with Crippen molar-refractivity contribution in [1.82, 2.24) is 9.55 Å². The summed E-state index contributed by atoms with van der Waals surface area (Å²) >= 11 is 0. The predicted octanol–water partition coefficient (Wildman–Crippen LogP) is 1.67. The van der Waals surface area contributed by atoms with E-state index in [4.69, 9.17) is 9.47 Å². The van der Waals surface area contributed by atoms with Crippen molar-refractivity contribution < 1.29 is 42.5 Å². The highest BCUT2D eigenvalue weighted by molar-refractivity contribution is 5.92. The number of anilines is 2. The minimum Gasteiger partial charge on any atom is -0.463 e. The van der Waals surface area contributed by atoms with Gasteiger partial charge in [-0.1, -0.05) is 18.2 Å². The third kappa shape index (κ3) is 6.40. The van der Waals surface area contributed by atoms with Gasteiger partial charge in [0.15, 0.2) is 6.10 Å². The van der Waals surface area contributed by atoms with Gasteiger partial charge in [-0.2, -0.15) is 8.78 Å². The molecule has 0 spiro atoms. The number of para-hydroxylation sites is 1. The first kappa shape index (κ1) is 26.7. The monoisotopic (exact) mass is 510 g/mol. The van der Waals surface area contributed by atoms with Crippen LogP contribution in [0.5, 0.6) is 0 Å². The lowest BCUT2D eigenvalue weighted by Crippen LogP contribution is -2.42. The Kier molecular flexibility index (Phi) is 8.66. The number of carbonyl (C=O) groups is 3. The SMILES string of the molecule is CCOC(=O)Nc1ccnc(=O)n1[C@@H]1O[C@H](COC(=O)CCC(=O)Nc2ccccc2)[C@@H](O)C1(F)F. The predicted molar refractivity (Wildman–Crippen MR) is 119 cm³/mol. The molecule has 1 aromatic heterocycles. The number of hydrogen-bond donors (Lipinski definition) is 3. The van der Waals surface area contributed by atoms with Crippen LogP contribution in [-0.2, 0) is 23.8 Å². The van der Waals surface area contributed by atoms with E-state index in [0.29, 0.717) is 10.3 Å². The zero-order chi connectivity index (χ0) is 26.3. The highest BCUT2D eigenvalue weighted by atomic mass is 19.3. The summed E-state index contributed by atoms with van der Waals surface area (Å²) < 4.78 is 44.9. The second kappa shape index (κ2) is 11.7. The van der Waals surface area contributed by atoms with Crippen LogP contribution < -0.4 is 16.3 Å². The number of carbonyl (C=O) groups excluding carboxylic acids is 3. The molecule has 0 aliphatic carbocycles. The zero-order valence-corrected chi connectivity index (χ0v) is 19.1. The van der Waals surface area contributed by atoms with Crippen molar-refractivity contribution in [2.45, 2.75) is 44.1 Å². The third-order valence-corrected chi connectivity index (χ3v) is 5.02. The number of aliphatic hydroxyl groups excluding tert-OH is 1. The molecule has 1 aliphatic rings. The number of halogens is 2. The molecular formula is C22H24F2N4O8. The van der Waals surface area contributed by atoms with E-state index in [1.807, 2.05) is 0 Å². The summed E-state index contributed by atoms with van der Waals surface area (Å²) in [5, 5.41) is 14.8. The third-order valence-electron chi connectivity index (χ3n) is 5.02. The fourth-order valence-corrected chi connectivity index (χ4v) is 3.31. The number of amides is 2. The summed E-state index contributed by atoms with van der Waals surface area (Å²) in [5.74, 6) is -5.78. The Morgan fingerprint density at radius 1 is 1.14 bits per heavy atom. The molecule has 1 fully saturated rings. The van der Waals surface area contributed by atoms with Gasteiger partial charge in [0.1, 0.15) is 18.5 Å². The normalized spacial score (nSPS) is 20.4. The van der Waals surface area contributed by atoms with Crippen molar-refractivity contribution in [3.05, 3.63) is 53.1 Å². The van der Waals surface area contributed by atoms with Gasteiger partial charge in [-0.25, -0.2) is 19.1 Å². The van der Waals surface area contributed by atoms with E-state index in [1.165, 1.54) is 6.92 Å². The molecule has 3 atom stereocenters. The molecule has 3 rings (SSSR count). The first-order valence-corrected chi connectivity index (χ1v) is 10.9. The van der Waals surface area contributed by atoms with E-state index < -0.39 is 60.4 Å². The van der Waals surface area contributed by atoms with Gasteiger partial charge in [-0.05, 0) is 25.1 Å². The molecule has 0 radical (unpaired) electrons. The molecule has 14 heteroatoms. The fraction of sp³-hybridized carbons (Fsp3) is 0.409. The van der Waals surface area contributed by atoms with E-state index in [9.17, 15) is 33.1 Å². The van der Waals surface area contributed by atoms with Gasteiger partial charge in [0.05, 0.1) is 13.0 Å². The molecule has 36 heavy (non-hydrogen) atoms. The van der Waals surface area contributed by atoms with Crippen molar-refractivity contribution in [2.75, 3.05) is 23.8 Å². The first-order valence-electron chi connectivity index (χ1n) is 10.9. The first-order chi connectivity index (χ1) is 17.1. The summed E-state index contributed by atoms with van der Waals surface area (Å²) in [5.41, 5.74) is -0.655. The molecule has 0 saturated carbocycles. The number of aliphatic hydroxyl groups is 1. The standard InChI is InChI=1S/C22H24F2N4O8/c1-2-34-21(33)27-15-10-11-25-20(32)28(15)19-22(23,24)18(31)14(36-19)12-35-17(30)9-8-16(29)26-13-6-4-3-5-7-13/h3-7,10-11,14,18-19,31H,2,8-9,12H2,1H3,(H,26,29)(H,27,33)/t14-,18-,19-/m1/s1. The van der Waals surface area contributed by atoms with Gasteiger partial charge in [0, 0.05) is 18.3 Å². The van der Waals surface area contributed by atoms with Gasteiger partial charge >= 0.3 is 23.7 Å². The molecule has 2 amide bonds. The molecule has 0 unspecified atom stereocenters. The van der Waals surface area contributed by atoms with Crippen LogP contribution in [0.2, 0.25) is 0 Å². The van der Waals surface area contributed by atoms with Gasteiger partial charge in [0.25, 0.3) is 0 Å². The Bertz CT molecular complexity index is 1140. The van der Waals surface area contributed by atoms with E-state index >= 15 is 0 Å². The average molecular weight is 510 g/mol. The lowest BCUT2D eigenvalue weighted by atomic mass is 10.1. The maximum Gasteiger partial charge on any atom is 0.412 e. The van der Waals surface area contributed by atoms with Crippen LogP contribution in [0.4, 0.5) is 25.1 Å². The van der Waals surface area contributed by atoms with Gasteiger partial charge in [-0.3, -0.25) is 14.9 Å². The highest BCUT2D eigenvalue weighted by Gasteiger charge is 2.60. The molecule has 12 nitrogen and oxygen atoms in total. The van der Waals surface area contributed by atoms with Crippen molar-refractivity contribution in [3.63, 3.8) is 0 Å². The summed E-state index contributed by atoms with van der Waals surface area (Å²) in [6.07, 6.45) is -7.15. The zero-order valence-electron chi connectivity index (χ0n) is 19.1. The minimum absolute atomic E-state index is 0.0166. The Hall–Kier alpha value is -3.91. The van der Waals surface area contributed by atoms with Crippen LogP contribution in [0, 0.1) is 0 Å². The Morgan fingerprint density at radius 3 is 2.56 bits per heavy atom. The molecule has 1 aromatic carbocycles. The summed E-state index contributed by atoms with van der Waals surface area (Å²) in [6.45, 7) is 0.727. The van der Waals surface area contributed by atoms with Crippen molar-refractivity contribution in [3.8, 4) is 0 Å². The Balaban J connectivity index is 1.61. The van der Waals surface area contributed by atoms with Crippen LogP contribution in [0.15, 0.2) is 47.4 Å². The smallest absolute Gasteiger partial charge is 0.412 e. The van der Waals surface area contributed by atoms with Crippen LogP contribution >= 0.6 is 0 Å². The van der Waals surface area contributed by atoms with Crippen LogP contribution in [-0.4, -0.2) is 64.0 Å². The van der Waals surface area contributed by atoms with Crippen LogP contribution in [0.1, 0.15) is 26.0 Å². The minimum atomic E-state index is -4.02. The quantitative estimate of drug-likeness (QED) is 0.427. The molecule has 2 heterocycles. The fourth-order valence-electron chi connectivity index (χ4n) is 3.31. The number of hydrogen-bond acceptors (Lipinski definition) is 9. The topological polar surface area (TPSA) is 158 Å². The largest absolute Gasteiger partial charge is 0.463 e. The molecule has 1 saturated heterocycles. The lowest BCUT2D eigenvalue weighted by molar-refractivity contribution is -0.151. The average Bonchev–Trinajstić information content (AvgIpc) is 3.05. The molecule has 0 bridgehead atoms. The van der Waals surface area contributed by atoms with Crippen molar-refractivity contribution in [2.24, 2.45) is 0 Å². The van der Waals surface area contributed by atoms with Crippen LogP contribution in [0.25, 0.3) is 0 Å². The maximum atomic E-state index is 14.9. The number of ether oxygens (including phenoxy) is 3. The molecule has 3 N–H and O–H groups in total. The second-order valence-corrected chi connectivity index (χ2v) is 7.57. The number of rotatable bonds is 9. The van der Waals surface area contributed by atoms with E-state index in [-0.39, 0.29) is 19.4 Å². The number of esters is 1. The van der Waals surface area contributed by atoms with Gasteiger partial charge in [-0.15, -0.1) is 0 Å². The molecule has 1 aliphatic heterocycles. The number of nitrogens with zero attached hydrogens (tertiary/aromatic N) is 2. The lowest BCUT2D eigenvalue weighted by Gasteiger charge is -2.23. The molecule has 2 aromatic rings. The van der Waals surface area contributed by atoms with Crippen molar-refractivity contribution >= 4 is 29.5 Å². The number of aromatic nitrogens is 2. The maximum absolute atomic E-state index is 14.9. The van der Waals surface area contributed by atoms with E-state index in [0.717, 1.165) is 12.3 Å². The summed E-state index contributed by atoms with van der Waals surface area (Å²) in [4.78, 5) is 51.3. The summed E-state index contributed by atoms with van der Waals surface area (Å²) in [7, 11) is 0. The number of alkyl halides is 2. The Morgan fingerprint density at radius 2 is 1.86 bits per heavy atom. The highest BCUT2D eigenvalue weighted by Crippen LogP contribution is 2.43. The number of benzene rings is 1. The van der Waals surface area contributed by atoms with Crippen molar-refractivity contribution in [1.29, 1.82) is 0 Å². The second-order valence-electron chi connectivity index (χ2n) is 7.57. The molecule has 194 valence electrons. The summed E-state index contributed by atoms with van der Waals surface area (Å²) in [6, 6.07) is 9.59.